The van der Waals surface area contributed by atoms with Crippen LogP contribution in [0.3, 0.4) is 0 Å². The van der Waals surface area contributed by atoms with Crippen LogP contribution in [0.1, 0.15) is 54.3 Å². The first kappa shape index (κ1) is 16.8. The molecule has 5 nitrogen and oxygen atoms in total. The topological polar surface area (TPSA) is 51.0 Å². The lowest BCUT2D eigenvalue weighted by Crippen LogP contribution is -2.42. The van der Waals surface area contributed by atoms with Gasteiger partial charge in [0.1, 0.15) is 0 Å². The summed E-state index contributed by atoms with van der Waals surface area (Å²) in [4.78, 5) is 19.9. The molecule has 1 saturated carbocycles. The van der Waals surface area contributed by atoms with E-state index in [4.69, 9.17) is 0 Å². The number of aryl methyl sites for hydroxylation is 1. The molecule has 4 rings (SSSR count). The van der Waals surface area contributed by atoms with Crippen molar-refractivity contribution in [2.75, 3.05) is 0 Å². The van der Waals surface area contributed by atoms with Crippen molar-refractivity contribution in [1.29, 1.82) is 0 Å². The molecule has 0 saturated heterocycles. The lowest BCUT2D eigenvalue weighted by atomic mass is 10.0. The van der Waals surface area contributed by atoms with E-state index in [9.17, 15) is 4.79 Å². The second kappa shape index (κ2) is 5.94. The van der Waals surface area contributed by atoms with Crippen molar-refractivity contribution in [3.63, 3.8) is 0 Å². The maximum atomic E-state index is 13.5. The Morgan fingerprint density at radius 3 is 2.73 bits per heavy atom. The van der Waals surface area contributed by atoms with Crippen molar-refractivity contribution in [2.45, 2.75) is 45.2 Å². The molecule has 1 aliphatic rings. The van der Waals surface area contributed by atoms with Gasteiger partial charge in [0.2, 0.25) is 0 Å². The summed E-state index contributed by atoms with van der Waals surface area (Å²) in [6.45, 7) is 6.34. The van der Waals surface area contributed by atoms with Crippen LogP contribution in [0.4, 0.5) is 0 Å². The van der Waals surface area contributed by atoms with Crippen molar-refractivity contribution in [3.05, 3.63) is 59.5 Å². The molecule has 1 atom stereocenters. The highest BCUT2D eigenvalue weighted by atomic mass is 16.2. The first-order chi connectivity index (χ1) is 12.4. The summed E-state index contributed by atoms with van der Waals surface area (Å²) >= 11 is 0. The number of hydrogen-bond donors (Lipinski definition) is 0. The lowest BCUT2D eigenvalue weighted by Gasteiger charge is -2.35. The van der Waals surface area contributed by atoms with Gasteiger partial charge in [0.05, 0.1) is 17.8 Å². The zero-order valence-electron chi connectivity index (χ0n) is 15.7. The van der Waals surface area contributed by atoms with Crippen molar-refractivity contribution in [3.8, 4) is 0 Å². The molecular weight excluding hydrogens is 324 g/mol. The molecule has 0 N–H and O–H groups in total. The number of carbonyl (C=O) groups excluding carboxylic acids is 1. The summed E-state index contributed by atoms with van der Waals surface area (Å²) in [6, 6.07) is 9.64. The number of benzene rings is 1. The minimum absolute atomic E-state index is 0.0201. The Labute approximate surface area is 153 Å². The summed E-state index contributed by atoms with van der Waals surface area (Å²) in [6.07, 6.45) is 5.74. The molecule has 0 bridgehead atoms. The molecule has 2 heterocycles. The third kappa shape index (κ3) is 2.68. The fourth-order valence-corrected chi connectivity index (χ4v) is 3.72. The van der Waals surface area contributed by atoms with Gasteiger partial charge in [-0.15, -0.1) is 0 Å². The molecule has 1 aromatic carbocycles. The van der Waals surface area contributed by atoms with Gasteiger partial charge in [0, 0.05) is 41.0 Å². The number of pyridine rings is 1. The van der Waals surface area contributed by atoms with Crippen LogP contribution in [0.25, 0.3) is 10.9 Å². The Morgan fingerprint density at radius 1 is 1.31 bits per heavy atom. The largest absolute Gasteiger partial charge is 0.326 e. The van der Waals surface area contributed by atoms with Crippen LogP contribution in [0.2, 0.25) is 0 Å². The van der Waals surface area contributed by atoms with Crippen molar-refractivity contribution in [1.82, 2.24) is 19.7 Å². The van der Waals surface area contributed by atoms with Crippen molar-refractivity contribution in [2.24, 2.45) is 7.05 Å². The predicted octanol–water partition coefficient (Wildman–Crippen LogP) is 4.03. The van der Waals surface area contributed by atoms with Crippen LogP contribution >= 0.6 is 0 Å². The Morgan fingerprint density at radius 2 is 2.08 bits per heavy atom. The molecule has 1 fully saturated rings. The highest BCUT2D eigenvalue weighted by molar-refractivity contribution is 5.98. The monoisotopic (exact) mass is 348 g/mol. The normalized spacial score (nSPS) is 16.5. The molecule has 5 heteroatoms. The quantitative estimate of drug-likeness (QED) is 0.715. The number of aromatic nitrogens is 3. The van der Waals surface area contributed by atoms with Crippen LogP contribution in [0.5, 0.6) is 0 Å². The van der Waals surface area contributed by atoms with Gasteiger partial charge < -0.3 is 4.90 Å². The number of nitrogens with zero attached hydrogens (tertiary/aromatic N) is 4. The number of fused-ring (bicyclic) bond motifs is 1. The maximum absolute atomic E-state index is 13.5. The first-order valence-electron chi connectivity index (χ1n) is 9.08. The van der Waals surface area contributed by atoms with E-state index >= 15 is 0 Å². The molecule has 0 spiro atoms. The number of rotatable bonds is 4. The molecule has 26 heavy (non-hydrogen) atoms. The van der Waals surface area contributed by atoms with E-state index in [-0.39, 0.29) is 17.5 Å². The fraction of sp³-hybridized carbons (Fsp3) is 0.381. The SMILES string of the molecule is Cc1c([C@@H](C)N(C(=O)c2ccc3ncccc3c2)C2(C)CC2)cnn1C. The Balaban J connectivity index is 1.74. The van der Waals surface area contributed by atoms with Gasteiger partial charge >= 0.3 is 0 Å². The van der Waals surface area contributed by atoms with E-state index in [1.54, 1.807) is 6.20 Å². The summed E-state index contributed by atoms with van der Waals surface area (Å²) in [7, 11) is 1.94. The van der Waals surface area contributed by atoms with Gasteiger partial charge in [-0.1, -0.05) is 6.07 Å². The van der Waals surface area contributed by atoms with Gasteiger partial charge in [-0.05, 0) is 57.9 Å². The predicted molar refractivity (Wildman–Crippen MR) is 102 cm³/mol. The zero-order valence-corrected chi connectivity index (χ0v) is 15.7. The minimum atomic E-state index is -0.0807. The van der Waals surface area contributed by atoms with E-state index < -0.39 is 0 Å². The van der Waals surface area contributed by atoms with Crippen LogP contribution in [0.15, 0.2) is 42.7 Å². The van der Waals surface area contributed by atoms with Crippen molar-refractivity contribution < 1.29 is 4.79 Å². The Hall–Kier alpha value is -2.69. The summed E-state index contributed by atoms with van der Waals surface area (Å²) in [5, 5.41) is 5.36. The average Bonchev–Trinajstić information content (AvgIpc) is 3.29. The second-order valence-electron chi connectivity index (χ2n) is 7.57. The molecule has 1 aliphatic carbocycles. The van der Waals surface area contributed by atoms with Gasteiger partial charge in [-0.3, -0.25) is 14.5 Å². The van der Waals surface area contributed by atoms with Gasteiger partial charge in [0.15, 0.2) is 0 Å². The van der Waals surface area contributed by atoms with Gasteiger partial charge in [0.25, 0.3) is 5.91 Å². The molecule has 134 valence electrons. The molecule has 0 aliphatic heterocycles. The zero-order chi connectivity index (χ0) is 18.5. The van der Waals surface area contributed by atoms with Crippen LogP contribution in [-0.4, -0.2) is 31.1 Å². The molecule has 2 aromatic heterocycles. The van der Waals surface area contributed by atoms with Crippen LogP contribution < -0.4 is 0 Å². The van der Waals surface area contributed by atoms with E-state index in [0.29, 0.717) is 5.56 Å². The number of amides is 1. The molecular formula is C21H24N4O. The Bertz CT molecular complexity index is 987. The molecule has 3 aromatic rings. The summed E-state index contributed by atoms with van der Waals surface area (Å²) in [5.41, 5.74) is 3.75. The fourth-order valence-electron chi connectivity index (χ4n) is 3.72. The van der Waals surface area contributed by atoms with E-state index in [2.05, 4.69) is 35.8 Å². The highest BCUT2D eigenvalue weighted by Gasteiger charge is 2.48. The lowest BCUT2D eigenvalue weighted by molar-refractivity contribution is 0.0572. The smallest absolute Gasteiger partial charge is 0.254 e. The van der Waals surface area contributed by atoms with E-state index in [0.717, 1.165) is 35.0 Å². The summed E-state index contributed by atoms with van der Waals surface area (Å²) in [5.74, 6) is 0.0755. The second-order valence-corrected chi connectivity index (χ2v) is 7.57. The maximum Gasteiger partial charge on any atom is 0.254 e. The van der Waals surface area contributed by atoms with Crippen molar-refractivity contribution >= 4 is 16.8 Å². The first-order valence-corrected chi connectivity index (χ1v) is 9.08. The third-order valence-corrected chi connectivity index (χ3v) is 5.73. The number of carbonyl (C=O) groups is 1. The van der Waals surface area contributed by atoms with Crippen LogP contribution in [-0.2, 0) is 7.05 Å². The van der Waals surface area contributed by atoms with Gasteiger partial charge in [-0.25, -0.2) is 0 Å². The summed E-state index contributed by atoms with van der Waals surface area (Å²) < 4.78 is 1.87. The molecule has 1 amide bonds. The van der Waals surface area contributed by atoms with Gasteiger partial charge in [-0.2, -0.15) is 5.10 Å². The molecule has 0 unspecified atom stereocenters. The van der Waals surface area contributed by atoms with E-state index in [1.807, 2.05) is 48.3 Å². The number of hydrogen-bond acceptors (Lipinski definition) is 3. The minimum Gasteiger partial charge on any atom is -0.326 e. The highest BCUT2D eigenvalue weighted by Crippen LogP contribution is 2.46. The van der Waals surface area contributed by atoms with Crippen LogP contribution in [0, 0.1) is 6.92 Å². The third-order valence-electron chi connectivity index (χ3n) is 5.73. The standard InChI is InChI=1S/C21H24N4O/c1-14-18(13-23-24(14)4)15(2)25(21(3)9-10-21)20(26)17-7-8-19-16(12-17)6-5-11-22-19/h5-8,11-13,15H,9-10H2,1-4H3/t15-/m1/s1. The average molecular weight is 348 g/mol. The Kier molecular flexibility index (Phi) is 3.83. The van der Waals surface area contributed by atoms with E-state index in [1.165, 1.54) is 0 Å². The molecule has 0 radical (unpaired) electrons.